The number of aliphatic hydroxyl groups excluding tert-OH is 3. The number of aliphatic hydroxyl groups is 3. The maximum Gasteiger partial charge on any atom is 0.144 e. The minimum absolute atomic E-state index is 0.0794. The maximum atomic E-state index is 9.96. The Morgan fingerprint density at radius 1 is 0.629 bits per heavy atom. The highest BCUT2D eigenvalue weighted by Crippen LogP contribution is 2.07. The molecular formula is C25H54N2O8. The third-order valence-electron chi connectivity index (χ3n) is 5.69. The van der Waals surface area contributed by atoms with Crippen LogP contribution in [0.5, 0.6) is 0 Å². The van der Waals surface area contributed by atoms with Crippen molar-refractivity contribution in [2.45, 2.75) is 78.1 Å². The predicted molar refractivity (Wildman–Crippen MR) is 136 cm³/mol. The Bertz CT molecular complexity index is 436. The average molecular weight is 511 g/mol. The van der Waals surface area contributed by atoms with Crippen LogP contribution in [0.3, 0.4) is 0 Å². The van der Waals surface area contributed by atoms with Crippen LogP contribution < -0.4 is 0 Å². The number of rotatable bonds is 27. The Kier molecular flexibility index (Phi) is 25.0. The first-order chi connectivity index (χ1) is 17.1. The van der Waals surface area contributed by atoms with E-state index < -0.39 is 6.79 Å². The van der Waals surface area contributed by atoms with Crippen LogP contribution in [0.2, 0.25) is 0 Å². The van der Waals surface area contributed by atoms with E-state index in [0.717, 1.165) is 32.1 Å². The molecule has 3 atom stereocenters. The third kappa shape index (κ3) is 19.4. The van der Waals surface area contributed by atoms with Gasteiger partial charge < -0.3 is 39.0 Å². The van der Waals surface area contributed by atoms with Gasteiger partial charge in [0.05, 0.1) is 38.3 Å². The van der Waals surface area contributed by atoms with Crippen molar-refractivity contribution in [1.82, 2.24) is 9.80 Å². The predicted octanol–water partition coefficient (Wildman–Crippen LogP) is 1.66. The summed E-state index contributed by atoms with van der Waals surface area (Å²) >= 11 is 0. The van der Waals surface area contributed by atoms with Crippen LogP contribution in [-0.2, 0) is 23.7 Å². The number of nitrogens with zero attached hydrogens (tertiary/aromatic N) is 2. The van der Waals surface area contributed by atoms with Crippen LogP contribution in [0.4, 0.5) is 0 Å². The molecule has 3 unspecified atom stereocenters. The molecule has 0 saturated heterocycles. The highest BCUT2D eigenvalue weighted by molar-refractivity contribution is 4.73. The molecule has 212 valence electrons. The molecule has 0 aromatic rings. The van der Waals surface area contributed by atoms with Crippen molar-refractivity contribution < 1.29 is 39.0 Å². The molecule has 0 aromatic heterocycles. The molecule has 0 aliphatic carbocycles. The van der Waals surface area contributed by atoms with Crippen molar-refractivity contribution in [2.75, 3.05) is 86.1 Å². The van der Waals surface area contributed by atoms with Gasteiger partial charge in [0.1, 0.15) is 13.6 Å². The van der Waals surface area contributed by atoms with Crippen LogP contribution in [-0.4, -0.2) is 130 Å². The summed E-state index contributed by atoms with van der Waals surface area (Å²) in [4.78, 5) is 4.10. The van der Waals surface area contributed by atoms with Crippen molar-refractivity contribution >= 4 is 0 Å². The summed E-state index contributed by atoms with van der Waals surface area (Å²) in [5.41, 5.74) is 0. The number of unbranched alkanes of at least 4 members (excludes halogenated alkanes) is 2. The average Bonchev–Trinajstić information content (AvgIpc) is 2.86. The highest BCUT2D eigenvalue weighted by Gasteiger charge is 2.21. The molecule has 0 aliphatic heterocycles. The topological polar surface area (TPSA) is 113 Å². The van der Waals surface area contributed by atoms with Gasteiger partial charge in [-0.25, -0.2) is 0 Å². The monoisotopic (exact) mass is 510 g/mol. The molecule has 0 radical (unpaired) electrons. The molecular weight excluding hydrogens is 456 g/mol. The zero-order chi connectivity index (χ0) is 26.2. The van der Waals surface area contributed by atoms with Crippen LogP contribution in [0, 0.1) is 0 Å². The SMILES string of the molecule is CCCCOCC(CN(CO)CCN(CC(CC)OCC)CC(COCCCC)OCO)OCO. The van der Waals surface area contributed by atoms with Gasteiger partial charge in [-0.2, -0.15) is 0 Å². The first-order valence-electron chi connectivity index (χ1n) is 13.4. The smallest absolute Gasteiger partial charge is 0.144 e. The minimum atomic E-state index is -0.391. The van der Waals surface area contributed by atoms with E-state index in [2.05, 4.69) is 25.7 Å². The molecule has 0 amide bonds. The number of hydrogen-bond donors (Lipinski definition) is 3. The summed E-state index contributed by atoms with van der Waals surface area (Å²) < 4.78 is 28.3. The summed E-state index contributed by atoms with van der Waals surface area (Å²) in [6.45, 7) is 13.1. The van der Waals surface area contributed by atoms with E-state index >= 15 is 0 Å². The van der Waals surface area contributed by atoms with Gasteiger partial charge in [-0.3, -0.25) is 9.80 Å². The second-order valence-electron chi connectivity index (χ2n) is 8.66. The van der Waals surface area contributed by atoms with E-state index in [-0.39, 0.29) is 31.8 Å². The van der Waals surface area contributed by atoms with Gasteiger partial charge in [0.2, 0.25) is 0 Å². The number of ether oxygens (including phenoxy) is 5. The van der Waals surface area contributed by atoms with Crippen LogP contribution in [0.15, 0.2) is 0 Å². The summed E-state index contributed by atoms with van der Waals surface area (Å²) in [7, 11) is 0. The van der Waals surface area contributed by atoms with Crippen molar-refractivity contribution in [3.05, 3.63) is 0 Å². The summed E-state index contributed by atoms with van der Waals surface area (Å²) in [5, 5.41) is 28.6. The Morgan fingerprint density at radius 3 is 1.54 bits per heavy atom. The molecule has 0 fully saturated rings. The van der Waals surface area contributed by atoms with E-state index in [0.29, 0.717) is 65.8 Å². The fourth-order valence-electron chi connectivity index (χ4n) is 3.60. The summed E-state index contributed by atoms with van der Waals surface area (Å²) in [5.74, 6) is 0. The lowest BCUT2D eigenvalue weighted by Crippen LogP contribution is -2.46. The van der Waals surface area contributed by atoms with Gasteiger partial charge in [0.25, 0.3) is 0 Å². The third-order valence-corrected chi connectivity index (χ3v) is 5.69. The highest BCUT2D eigenvalue weighted by atomic mass is 16.6. The Labute approximate surface area is 213 Å². The van der Waals surface area contributed by atoms with E-state index in [1.807, 2.05) is 11.8 Å². The van der Waals surface area contributed by atoms with E-state index in [4.69, 9.17) is 23.7 Å². The fourth-order valence-corrected chi connectivity index (χ4v) is 3.60. The molecule has 0 spiro atoms. The Morgan fingerprint density at radius 2 is 1.11 bits per heavy atom. The first kappa shape index (κ1) is 34.6. The molecule has 0 saturated carbocycles. The molecule has 10 heteroatoms. The summed E-state index contributed by atoms with van der Waals surface area (Å²) in [6, 6.07) is 0. The van der Waals surface area contributed by atoms with Crippen LogP contribution in [0.1, 0.15) is 59.8 Å². The van der Waals surface area contributed by atoms with Gasteiger partial charge in [-0.1, -0.05) is 33.6 Å². The van der Waals surface area contributed by atoms with Gasteiger partial charge >= 0.3 is 0 Å². The minimum Gasteiger partial charge on any atom is -0.381 e. The van der Waals surface area contributed by atoms with Crippen LogP contribution in [0.25, 0.3) is 0 Å². The normalized spacial score (nSPS) is 14.7. The van der Waals surface area contributed by atoms with Crippen molar-refractivity contribution in [3.63, 3.8) is 0 Å². The van der Waals surface area contributed by atoms with Crippen LogP contribution >= 0.6 is 0 Å². The second kappa shape index (κ2) is 25.3. The molecule has 3 N–H and O–H groups in total. The van der Waals surface area contributed by atoms with E-state index in [1.54, 1.807) is 0 Å². The van der Waals surface area contributed by atoms with Gasteiger partial charge in [0, 0.05) is 52.5 Å². The van der Waals surface area contributed by atoms with Crippen molar-refractivity contribution in [1.29, 1.82) is 0 Å². The lowest BCUT2D eigenvalue weighted by atomic mass is 10.2. The zero-order valence-electron chi connectivity index (χ0n) is 22.7. The van der Waals surface area contributed by atoms with E-state index in [1.165, 1.54) is 0 Å². The molecule has 0 rings (SSSR count). The number of hydrogen-bond acceptors (Lipinski definition) is 10. The molecule has 0 aromatic carbocycles. The lowest BCUT2D eigenvalue weighted by Gasteiger charge is -2.32. The van der Waals surface area contributed by atoms with E-state index in [9.17, 15) is 15.3 Å². The summed E-state index contributed by atoms with van der Waals surface area (Å²) in [6.07, 6.45) is 4.44. The van der Waals surface area contributed by atoms with Gasteiger partial charge in [0.15, 0.2) is 0 Å². The van der Waals surface area contributed by atoms with Gasteiger partial charge in [-0.05, 0) is 26.2 Å². The molecule has 35 heavy (non-hydrogen) atoms. The first-order valence-corrected chi connectivity index (χ1v) is 13.4. The quantitative estimate of drug-likeness (QED) is 0.111. The molecule has 0 bridgehead atoms. The second-order valence-corrected chi connectivity index (χ2v) is 8.66. The zero-order valence-corrected chi connectivity index (χ0v) is 22.7. The maximum absolute atomic E-state index is 9.96. The van der Waals surface area contributed by atoms with Gasteiger partial charge in [-0.15, -0.1) is 0 Å². The molecule has 0 heterocycles. The molecule has 0 aliphatic rings. The lowest BCUT2D eigenvalue weighted by molar-refractivity contribution is -0.102. The Hall–Kier alpha value is -0.400. The fraction of sp³-hybridized carbons (Fsp3) is 1.00. The molecule has 10 nitrogen and oxygen atoms in total. The largest absolute Gasteiger partial charge is 0.381 e. The van der Waals surface area contributed by atoms with Crippen molar-refractivity contribution in [2.24, 2.45) is 0 Å². The van der Waals surface area contributed by atoms with Crippen molar-refractivity contribution in [3.8, 4) is 0 Å². The Balaban J connectivity index is 5.04. The standard InChI is InChI=1S/C25H54N2O8/c1-5-9-13-31-18-24(34-21-29)16-26(15-23(7-3)33-8-4)11-12-27(20-28)17-25(35-22-30)19-32-14-10-6-2/h23-25,28-30H,5-22H2,1-4H3.